The first-order valence-corrected chi connectivity index (χ1v) is 5.32. The van der Waals surface area contributed by atoms with Crippen LogP contribution in [0.15, 0.2) is 18.5 Å². The Hall–Kier alpha value is -1.29. The predicted octanol–water partition coefficient (Wildman–Crippen LogP) is 0.981. The SMILES string of the molecule is CC1(N)CCCN(c2ccncc2N)C1. The number of piperidine rings is 1. The van der Waals surface area contributed by atoms with Crippen LogP contribution in [0.5, 0.6) is 0 Å². The van der Waals surface area contributed by atoms with E-state index in [1.54, 1.807) is 12.4 Å². The Morgan fingerprint density at radius 2 is 2.33 bits per heavy atom. The molecule has 2 rings (SSSR count). The van der Waals surface area contributed by atoms with Gasteiger partial charge in [-0.1, -0.05) is 0 Å². The summed E-state index contributed by atoms with van der Waals surface area (Å²) in [4.78, 5) is 6.24. The van der Waals surface area contributed by atoms with Gasteiger partial charge in [0.1, 0.15) is 0 Å². The molecule has 1 aromatic rings. The normalized spacial score (nSPS) is 26.7. The van der Waals surface area contributed by atoms with Crippen molar-refractivity contribution in [3.05, 3.63) is 18.5 Å². The van der Waals surface area contributed by atoms with Crippen molar-refractivity contribution >= 4 is 11.4 Å². The highest BCUT2D eigenvalue weighted by molar-refractivity contribution is 5.66. The Bertz CT molecular complexity index is 348. The molecule has 15 heavy (non-hydrogen) atoms. The molecule has 1 fully saturated rings. The molecule has 1 atom stereocenters. The zero-order valence-corrected chi connectivity index (χ0v) is 9.11. The van der Waals surface area contributed by atoms with E-state index in [0.717, 1.165) is 37.3 Å². The van der Waals surface area contributed by atoms with E-state index in [1.165, 1.54) is 0 Å². The Balaban J connectivity index is 2.21. The van der Waals surface area contributed by atoms with Gasteiger partial charge in [0.05, 0.1) is 17.6 Å². The number of rotatable bonds is 1. The third-order valence-corrected chi connectivity index (χ3v) is 2.90. The van der Waals surface area contributed by atoms with Gasteiger partial charge in [-0.15, -0.1) is 0 Å². The average molecular weight is 206 g/mol. The molecule has 1 aromatic heterocycles. The summed E-state index contributed by atoms with van der Waals surface area (Å²) < 4.78 is 0. The van der Waals surface area contributed by atoms with Crippen LogP contribution < -0.4 is 16.4 Å². The lowest BCUT2D eigenvalue weighted by molar-refractivity contribution is 0.375. The first-order valence-electron chi connectivity index (χ1n) is 5.32. The fourth-order valence-corrected chi connectivity index (χ4v) is 2.16. The fourth-order valence-electron chi connectivity index (χ4n) is 2.16. The van der Waals surface area contributed by atoms with Crippen LogP contribution in [0.3, 0.4) is 0 Å². The van der Waals surface area contributed by atoms with E-state index in [-0.39, 0.29) is 5.54 Å². The van der Waals surface area contributed by atoms with E-state index in [9.17, 15) is 0 Å². The summed E-state index contributed by atoms with van der Waals surface area (Å²) in [7, 11) is 0. The van der Waals surface area contributed by atoms with Gasteiger partial charge in [0.15, 0.2) is 0 Å². The lowest BCUT2D eigenvalue weighted by atomic mass is 9.92. The lowest BCUT2D eigenvalue weighted by Crippen LogP contribution is -2.52. The van der Waals surface area contributed by atoms with Crippen LogP contribution in [0.4, 0.5) is 11.4 Å². The van der Waals surface area contributed by atoms with Gasteiger partial charge in [-0.25, -0.2) is 0 Å². The Morgan fingerprint density at radius 1 is 1.53 bits per heavy atom. The van der Waals surface area contributed by atoms with Crippen molar-refractivity contribution in [2.24, 2.45) is 5.73 Å². The van der Waals surface area contributed by atoms with Crippen LogP contribution in [-0.2, 0) is 0 Å². The summed E-state index contributed by atoms with van der Waals surface area (Å²) in [5.41, 5.74) is 13.7. The molecule has 1 unspecified atom stereocenters. The minimum absolute atomic E-state index is 0.103. The number of nitrogens with two attached hydrogens (primary N) is 2. The smallest absolute Gasteiger partial charge is 0.0738 e. The number of nitrogens with zero attached hydrogens (tertiary/aromatic N) is 2. The van der Waals surface area contributed by atoms with Crippen molar-refractivity contribution in [2.45, 2.75) is 25.3 Å². The molecule has 0 spiro atoms. The van der Waals surface area contributed by atoms with Gasteiger partial charge in [-0.05, 0) is 25.8 Å². The number of pyridine rings is 1. The minimum atomic E-state index is -0.103. The molecule has 4 N–H and O–H groups in total. The second-order valence-electron chi connectivity index (χ2n) is 4.61. The third kappa shape index (κ3) is 2.21. The van der Waals surface area contributed by atoms with E-state index in [4.69, 9.17) is 11.5 Å². The third-order valence-electron chi connectivity index (χ3n) is 2.90. The number of aromatic nitrogens is 1. The number of hydrogen-bond acceptors (Lipinski definition) is 4. The monoisotopic (exact) mass is 206 g/mol. The van der Waals surface area contributed by atoms with Gasteiger partial charge in [-0.3, -0.25) is 4.98 Å². The second kappa shape index (κ2) is 3.70. The van der Waals surface area contributed by atoms with Gasteiger partial charge >= 0.3 is 0 Å². The number of nitrogen functional groups attached to an aromatic ring is 1. The maximum Gasteiger partial charge on any atom is 0.0738 e. The van der Waals surface area contributed by atoms with Crippen LogP contribution in [0, 0.1) is 0 Å². The number of hydrogen-bond donors (Lipinski definition) is 2. The average Bonchev–Trinajstić information content (AvgIpc) is 2.17. The van der Waals surface area contributed by atoms with Gasteiger partial charge in [-0.2, -0.15) is 0 Å². The molecule has 4 nitrogen and oxygen atoms in total. The molecule has 0 bridgehead atoms. The highest BCUT2D eigenvalue weighted by Gasteiger charge is 2.27. The molecule has 4 heteroatoms. The molecular formula is C11H18N4. The van der Waals surface area contributed by atoms with Gasteiger partial charge < -0.3 is 16.4 Å². The largest absolute Gasteiger partial charge is 0.396 e. The van der Waals surface area contributed by atoms with Crippen molar-refractivity contribution in [3.63, 3.8) is 0 Å². The van der Waals surface area contributed by atoms with E-state index >= 15 is 0 Å². The molecule has 2 heterocycles. The standard InChI is InChI=1S/C11H18N4/c1-11(13)4-2-6-15(8-11)10-3-5-14-7-9(10)12/h3,5,7H,2,4,6,8,12-13H2,1H3. The van der Waals surface area contributed by atoms with Crippen molar-refractivity contribution in [1.82, 2.24) is 4.98 Å². The van der Waals surface area contributed by atoms with Gasteiger partial charge in [0.2, 0.25) is 0 Å². The summed E-state index contributed by atoms with van der Waals surface area (Å²) in [5.74, 6) is 0. The van der Waals surface area contributed by atoms with Crippen LogP contribution in [0.1, 0.15) is 19.8 Å². The summed E-state index contributed by atoms with van der Waals surface area (Å²) in [6, 6.07) is 1.96. The molecule has 0 saturated carbocycles. The van der Waals surface area contributed by atoms with Crippen molar-refractivity contribution in [2.75, 3.05) is 23.7 Å². The fraction of sp³-hybridized carbons (Fsp3) is 0.545. The summed E-state index contributed by atoms with van der Waals surface area (Å²) in [6.45, 7) is 3.98. The summed E-state index contributed by atoms with van der Waals surface area (Å²) in [6.07, 6.45) is 5.66. The van der Waals surface area contributed by atoms with Gasteiger partial charge in [0.25, 0.3) is 0 Å². The zero-order chi connectivity index (χ0) is 10.9. The first kappa shape index (κ1) is 10.2. The molecule has 0 aliphatic carbocycles. The van der Waals surface area contributed by atoms with E-state index in [0.29, 0.717) is 0 Å². The van der Waals surface area contributed by atoms with E-state index in [1.807, 2.05) is 6.07 Å². The van der Waals surface area contributed by atoms with Crippen molar-refractivity contribution < 1.29 is 0 Å². The van der Waals surface area contributed by atoms with Crippen LogP contribution in [-0.4, -0.2) is 23.6 Å². The van der Waals surface area contributed by atoms with E-state index < -0.39 is 0 Å². The topological polar surface area (TPSA) is 68.2 Å². The lowest BCUT2D eigenvalue weighted by Gasteiger charge is -2.39. The van der Waals surface area contributed by atoms with Crippen LogP contribution >= 0.6 is 0 Å². The Labute approximate surface area is 90.3 Å². The Morgan fingerprint density at radius 3 is 3.00 bits per heavy atom. The maximum absolute atomic E-state index is 6.16. The molecule has 1 aliphatic rings. The zero-order valence-electron chi connectivity index (χ0n) is 9.11. The highest BCUT2D eigenvalue weighted by Crippen LogP contribution is 2.27. The molecule has 0 aromatic carbocycles. The van der Waals surface area contributed by atoms with Crippen molar-refractivity contribution in [1.29, 1.82) is 0 Å². The highest BCUT2D eigenvalue weighted by atomic mass is 15.2. The molecule has 1 aliphatic heterocycles. The second-order valence-corrected chi connectivity index (χ2v) is 4.61. The molecule has 0 amide bonds. The maximum atomic E-state index is 6.16. The molecular weight excluding hydrogens is 188 g/mol. The molecule has 1 saturated heterocycles. The summed E-state index contributed by atoms with van der Waals surface area (Å²) in [5, 5.41) is 0. The summed E-state index contributed by atoms with van der Waals surface area (Å²) >= 11 is 0. The van der Waals surface area contributed by atoms with Crippen LogP contribution in [0.25, 0.3) is 0 Å². The minimum Gasteiger partial charge on any atom is -0.396 e. The molecule has 0 radical (unpaired) electrons. The van der Waals surface area contributed by atoms with Crippen LogP contribution in [0.2, 0.25) is 0 Å². The Kier molecular flexibility index (Phi) is 2.52. The first-order chi connectivity index (χ1) is 7.08. The number of anilines is 2. The molecule has 82 valence electrons. The van der Waals surface area contributed by atoms with Gasteiger partial charge in [0, 0.05) is 24.8 Å². The predicted molar refractivity (Wildman–Crippen MR) is 62.7 cm³/mol. The van der Waals surface area contributed by atoms with E-state index in [2.05, 4.69) is 16.8 Å². The quantitative estimate of drug-likeness (QED) is 0.718. The van der Waals surface area contributed by atoms with Crippen molar-refractivity contribution in [3.8, 4) is 0 Å².